The molecular weight excluding hydrogens is 401 g/mol. The Bertz CT molecular complexity index is 666. The highest BCUT2D eigenvalue weighted by molar-refractivity contribution is 9.10. The zero-order valence-electron chi connectivity index (χ0n) is 9.89. The monoisotopic (exact) mass is 406 g/mol. The Hall–Kier alpha value is -1.14. The summed E-state index contributed by atoms with van der Waals surface area (Å²) < 4.78 is 41.0. The van der Waals surface area contributed by atoms with Gasteiger partial charge in [0.1, 0.15) is 17.5 Å². The number of ketones is 1. The van der Waals surface area contributed by atoms with Crippen LogP contribution in [0.5, 0.6) is 0 Å². The second-order valence-corrected chi connectivity index (χ2v) is 5.85. The molecule has 20 heavy (non-hydrogen) atoms. The summed E-state index contributed by atoms with van der Waals surface area (Å²) in [6, 6.07) is 5.91. The van der Waals surface area contributed by atoms with Crippen molar-refractivity contribution in [3.63, 3.8) is 0 Å². The summed E-state index contributed by atoms with van der Waals surface area (Å²) in [5.41, 5.74) is -0.291. The summed E-state index contributed by atoms with van der Waals surface area (Å²) in [5, 5.41) is 0. The van der Waals surface area contributed by atoms with E-state index in [1.807, 2.05) is 0 Å². The summed E-state index contributed by atoms with van der Waals surface area (Å²) in [6.07, 6.45) is -0.479. The lowest BCUT2D eigenvalue weighted by molar-refractivity contribution is 0.0990. The van der Waals surface area contributed by atoms with E-state index in [0.717, 1.165) is 12.1 Å². The first kappa shape index (κ1) is 15.3. The van der Waals surface area contributed by atoms with Crippen LogP contribution in [-0.2, 0) is 6.42 Å². The van der Waals surface area contributed by atoms with E-state index in [1.165, 1.54) is 18.2 Å². The van der Waals surface area contributed by atoms with Crippen LogP contribution in [0.1, 0.15) is 15.9 Å². The van der Waals surface area contributed by atoms with Gasteiger partial charge >= 0.3 is 0 Å². The number of hydrogen-bond donors (Lipinski definition) is 0. The highest BCUT2D eigenvalue weighted by Gasteiger charge is 2.17. The SMILES string of the molecule is O=C(Cc1c(F)ccc(Br)c1F)c1cc(F)cc(Br)c1. The van der Waals surface area contributed by atoms with Crippen molar-refractivity contribution < 1.29 is 18.0 Å². The molecule has 1 nitrogen and oxygen atoms in total. The zero-order valence-corrected chi connectivity index (χ0v) is 13.1. The van der Waals surface area contributed by atoms with Crippen molar-refractivity contribution >= 4 is 37.6 Å². The van der Waals surface area contributed by atoms with Crippen LogP contribution in [0.25, 0.3) is 0 Å². The first-order chi connectivity index (χ1) is 9.38. The van der Waals surface area contributed by atoms with Gasteiger partial charge in [-0.25, -0.2) is 13.2 Å². The Kier molecular flexibility index (Phi) is 4.65. The van der Waals surface area contributed by atoms with Crippen LogP contribution in [0.4, 0.5) is 13.2 Å². The molecule has 2 rings (SSSR count). The number of carbonyl (C=O) groups excluding carboxylic acids is 1. The van der Waals surface area contributed by atoms with Gasteiger partial charge in [-0.2, -0.15) is 0 Å². The number of benzene rings is 2. The molecule has 0 atom stereocenters. The van der Waals surface area contributed by atoms with Gasteiger partial charge < -0.3 is 0 Å². The highest BCUT2D eigenvalue weighted by Crippen LogP contribution is 2.24. The number of rotatable bonds is 3. The predicted molar refractivity (Wildman–Crippen MR) is 76.2 cm³/mol. The van der Waals surface area contributed by atoms with Crippen LogP contribution in [0.15, 0.2) is 39.3 Å². The summed E-state index contributed by atoms with van der Waals surface area (Å²) >= 11 is 5.99. The van der Waals surface area contributed by atoms with Gasteiger partial charge in [-0.1, -0.05) is 15.9 Å². The zero-order chi connectivity index (χ0) is 14.9. The van der Waals surface area contributed by atoms with Gasteiger partial charge in [-0.3, -0.25) is 4.79 Å². The van der Waals surface area contributed by atoms with Crippen LogP contribution < -0.4 is 0 Å². The molecule has 2 aromatic carbocycles. The second kappa shape index (κ2) is 6.10. The van der Waals surface area contributed by atoms with E-state index < -0.39 is 29.7 Å². The minimum Gasteiger partial charge on any atom is -0.294 e. The average molecular weight is 408 g/mol. The normalized spacial score (nSPS) is 10.7. The highest BCUT2D eigenvalue weighted by atomic mass is 79.9. The van der Waals surface area contributed by atoms with Gasteiger partial charge in [0.2, 0.25) is 0 Å². The largest absolute Gasteiger partial charge is 0.294 e. The summed E-state index contributed by atoms with van der Waals surface area (Å²) in [4.78, 5) is 12.0. The van der Waals surface area contributed by atoms with Crippen molar-refractivity contribution in [1.29, 1.82) is 0 Å². The maximum Gasteiger partial charge on any atom is 0.167 e. The quantitative estimate of drug-likeness (QED) is 0.513. The maximum absolute atomic E-state index is 13.8. The Morgan fingerprint density at radius 1 is 1.05 bits per heavy atom. The molecule has 0 N–H and O–H groups in total. The fourth-order valence-corrected chi connectivity index (χ4v) is 2.55. The molecule has 0 fully saturated rings. The molecule has 6 heteroatoms. The lowest BCUT2D eigenvalue weighted by Gasteiger charge is -2.07. The minimum absolute atomic E-state index is 0.0515. The molecule has 0 aliphatic rings. The van der Waals surface area contributed by atoms with Crippen molar-refractivity contribution in [1.82, 2.24) is 0 Å². The van der Waals surface area contributed by atoms with Crippen molar-refractivity contribution in [3.05, 3.63) is 67.9 Å². The van der Waals surface area contributed by atoms with E-state index in [0.29, 0.717) is 4.47 Å². The van der Waals surface area contributed by atoms with E-state index in [2.05, 4.69) is 31.9 Å². The van der Waals surface area contributed by atoms with E-state index in [1.54, 1.807) is 0 Å². The fourth-order valence-electron chi connectivity index (χ4n) is 1.71. The van der Waals surface area contributed by atoms with Gasteiger partial charge in [-0.15, -0.1) is 0 Å². The standard InChI is InChI=1S/C14H7Br2F3O/c15-8-3-7(4-9(17)5-8)13(20)6-10-12(18)2-1-11(16)14(10)19/h1-5H,6H2. The van der Waals surface area contributed by atoms with Gasteiger partial charge in [0, 0.05) is 22.0 Å². The van der Waals surface area contributed by atoms with Gasteiger partial charge in [0.25, 0.3) is 0 Å². The molecule has 104 valence electrons. The van der Waals surface area contributed by atoms with E-state index in [9.17, 15) is 18.0 Å². The van der Waals surface area contributed by atoms with E-state index >= 15 is 0 Å². The minimum atomic E-state index is -0.825. The molecule has 0 aliphatic heterocycles. The Labute approximate surface area is 130 Å². The van der Waals surface area contributed by atoms with Crippen molar-refractivity contribution in [3.8, 4) is 0 Å². The molecule has 0 radical (unpaired) electrons. The Morgan fingerprint density at radius 3 is 2.40 bits per heavy atom. The number of hydrogen-bond acceptors (Lipinski definition) is 1. The summed E-state index contributed by atoms with van der Waals surface area (Å²) in [7, 11) is 0. The first-order valence-corrected chi connectivity index (χ1v) is 7.08. The number of Topliss-reactive ketones (excluding diaryl/α,β-unsaturated/α-hetero) is 1. The maximum atomic E-state index is 13.8. The first-order valence-electron chi connectivity index (χ1n) is 5.50. The average Bonchev–Trinajstić information content (AvgIpc) is 2.38. The third kappa shape index (κ3) is 3.30. The van der Waals surface area contributed by atoms with Crippen molar-refractivity contribution in [2.75, 3.05) is 0 Å². The molecule has 2 aromatic rings. The van der Waals surface area contributed by atoms with Crippen LogP contribution in [0, 0.1) is 17.5 Å². The van der Waals surface area contributed by atoms with Gasteiger partial charge in [0.05, 0.1) is 4.47 Å². The molecule has 0 aromatic heterocycles. The summed E-state index contributed by atoms with van der Waals surface area (Å²) in [5.74, 6) is -2.80. The van der Waals surface area contributed by atoms with Crippen molar-refractivity contribution in [2.24, 2.45) is 0 Å². The molecule has 0 unspecified atom stereocenters. The molecular formula is C14H7Br2F3O. The molecule has 0 aliphatic carbocycles. The second-order valence-electron chi connectivity index (χ2n) is 4.08. The van der Waals surface area contributed by atoms with Crippen LogP contribution in [0.2, 0.25) is 0 Å². The third-order valence-corrected chi connectivity index (χ3v) is 3.73. The molecule has 0 amide bonds. The van der Waals surface area contributed by atoms with Crippen LogP contribution in [0.3, 0.4) is 0 Å². The lowest BCUT2D eigenvalue weighted by Crippen LogP contribution is -2.08. The third-order valence-electron chi connectivity index (χ3n) is 2.66. The van der Waals surface area contributed by atoms with E-state index in [4.69, 9.17) is 0 Å². The number of carbonyl (C=O) groups is 1. The molecule has 0 saturated carbocycles. The fraction of sp³-hybridized carbons (Fsp3) is 0.0714. The van der Waals surface area contributed by atoms with Crippen LogP contribution >= 0.6 is 31.9 Å². The Morgan fingerprint density at radius 2 is 1.75 bits per heavy atom. The van der Waals surface area contributed by atoms with E-state index in [-0.39, 0.29) is 15.6 Å². The van der Waals surface area contributed by atoms with Gasteiger partial charge in [-0.05, 0) is 46.3 Å². The summed E-state index contributed by atoms with van der Waals surface area (Å²) in [6.45, 7) is 0. The molecule has 0 saturated heterocycles. The smallest absolute Gasteiger partial charge is 0.167 e. The van der Waals surface area contributed by atoms with Gasteiger partial charge in [0.15, 0.2) is 5.78 Å². The Balaban J connectivity index is 2.35. The molecule has 0 bridgehead atoms. The predicted octanol–water partition coefficient (Wildman–Crippen LogP) is 5.05. The number of halogens is 5. The topological polar surface area (TPSA) is 17.1 Å². The lowest BCUT2D eigenvalue weighted by atomic mass is 10.0. The molecule has 0 spiro atoms. The van der Waals surface area contributed by atoms with Crippen LogP contribution in [-0.4, -0.2) is 5.78 Å². The molecule has 0 heterocycles. The van der Waals surface area contributed by atoms with Crippen molar-refractivity contribution in [2.45, 2.75) is 6.42 Å².